The van der Waals surface area contributed by atoms with Crippen LogP contribution in [0.25, 0.3) is 0 Å². The van der Waals surface area contributed by atoms with E-state index in [1.165, 1.54) is 18.4 Å². The Balaban J connectivity index is 2.13. The average molecular weight is 267 g/mol. The predicted octanol–water partition coefficient (Wildman–Crippen LogP) is 2.42. The van der Waals surface area contributed by atoms with E-state index >= 15 is 0 Å². The Labute approximate surface area is 111 Å². The van der Waals surface area contributed by atoms with Crippen molar-refractivity contribution in [3.63, 3.8) is 0 Å². The van der Waals surface area contributed by atoms with Crippen molar-refractivity contribution in [1.82, 2.24) is 4.90 Å². The van der Waals surface area contributed by atoms with E-state index in [-0.39, 0.29) is 17.3 Å². The molecule has 1 aliphatic rings. The lowest BCUT2D eigenvalue weighted by Gasteiger charge is -2.25. The summed E-state index contributed by atoms with van der Waals surface area (Å²) in [4.78, 5) is 27.1. The molecule has 5 heteroatoms. The largest absolute Gasteiger partial charge is 0.465 e. The fourth-order valence-corrected chi connectivity index (χ4v) is 3.10. The molecule has 0 aromatic carbocycles. The molecule has 0 N–H and O–H groups in total. The number of carbonyl (C=O) groups is 2. The molecule has 0 saturated heterocycles. The highest BCUT2D eigenvalue weighted by atomic mass is 32.1. The second kappa shape index (κ2) is 4.39. The third-order valence-electron chi connectivity index (χ3n) is 2.91. The summed E-state index contributed by atoms with van der Waals surface area (Å²) in [5.74, 6) is -0.159. The third-order valence-corrected chi connectivity index (χ3v) is 4.05. The smallest absolute Gasteiger partial charge is 0.348 e. The van der Waals surface area contributed by atoms with Gasteiger partial charge in [-0.15, -0.1) is 11.3 Å². The maximum Gasteiger partial charge on any atom is 0.348 e. The molecular weight excluding hydrogens is 250 g/mol. The third kappa shape index (κ3) is 2.27. The zero-order chi connectivity index (χ0) is 13.5. The molecule has 0 spiro atoms. The van der Waals surface area contributed by atoms with E-state index < -0.39 is 0 Å². The maximum atomic E-state index is 12.1. The van der Waals surface area contributed by atoms with Crippen molar-refractivity contribution in [1.29, 1.82) is 0 Å². The van der Waals surface area contributed by atoms with Crippen molar-refractivity contribution in [3.8, 4) is 0 Å². The number of methoxy groups -OCH3 is 1. The van der Waals surface area contributed by atoms with Crippen LogP contribution in [-0.4, -0.2) is 23.9 Å². The zero-order valence-electron chi connectivity index (χ0n) is 11.1. The van der Waals surface area contributed by atoms with Gasteiger partial charge in [0.15, 0.2) is 0 Å². The summed E-state index contributed by atoms with van der Waals surface area (Å²) in [7, 11) is 1.38. The molecule has 18 heavy (non-hydrogen) atoms. The van der Waals surface area contributed by atoms with Gasteiger partial charge in [-0.2, -0.15) is 0 Å². The van der Waals surface area contributed by atoms with Crippen molar-refractivity contribution in [2.24, 2.45) is 5.41 Å². The molecule has 2 rings (SSSR count). The molecule has 1 aromatic rings. The quantitative estimate of drug-likeness (QED) is 0.734. The molecule has 0 saturated carbocycles. The molecule has 0 fully saturated rings. The lowest BCUT2D eigenvalue weighted by Crippen LogP contribution is -2.35. The number of hydrogen-bond donors (Lipinski definition) is 0. The van der Waals surface area contributed by atoms with Gasteiger partial charge >= 0.3 is 5.97 Å². The number of amides is 1. The van der Waals surface area contributed by atoms with E-state index in [9.17, 15) is 9.59 Å². The van der Waals surface area contributed by atoms with Gasteiger partial charge in [0.1, 0.15) is 4.88 Å². The second-order valence-corrected chi connectivity index (χ2v) is 6.60. The Morgan fingerprint density at radius 2 is 2.00 bits per heavy atom. The molecule has 4 nitrogen and oxygen atoms in total. The number of hydrogen-bond acceptors (Lipinski definition) is 4. The monoisotopic (exact) mass is 267 g/mol. The second-order valence-electron chi connectivity index (χ2n) is 5.46. The fourth-order valence-electron chi connectivity index (χ4n) is 1.99. The van der Waals surface area contributed by atoms with Crippen molar-refractivity contribution in [2.45, 2.75) is 33.9 Å². The summed E-state index contributed by atoms with van der Waals surface area (Å²) in [6, 6.07) is 1.84. The van der Waals surface area contributed by atoms with Gasteiger partial charge in [0.25, 0.3) is 0 Å². The van der Waals surface area contributed by atoms with Gasteiger partial charge in [-0.05, 0) is 11.6 Å². The van der Waals surface area contributed by atoms with Gasteiger partial charge in [-0.3, -0.25) is 4.79 Å². The Hall–Kier alpha value is -1.36. The van der Waals surface area contributed by atoms with Crippen LogP contribution in [0.2, 0.25) is 0 Å². The molecule has 0 bridgehead atoms. The molecule has 1 amide bonds. The summed E-state index contributed by atoms with van der Waals surface area (Å²) in [6.07, 6.45) is 0. The minimum atomic E-state index is -0.362. The van der Waals surface area contributed by atoms with Crippen LogP contribution in [0.15, 0.2) is 6.07 Å². The number of rotatable bonds is 1. The lowest BCUT2D eigenvalue weighted by molar-refractivity contribution is -0.140. The first-order valence-electron chi connectivity index (χ1n) is 5.82. The van der Waals surface area contributed by atoms with Crippen LogP contribution in [-0.2, 0) is 22.6 Å². The van der Waals surface area contributed by atoms with Crippen LogP contribution in [0.4, 0.5) is 0 Å². The van der Waals surface area contributed by atoms with E-state index in [0.717, 1.165) is 10.4 Å². The standard InChI is InChI=1S/C13H17NO3S/c1-13(2,3)12(16)14-6-8-5-9(11(15)17-4)18-10(8)7-14/h5H,6-7H2,1-4H3. The Morgan fingerprint density at radius 1 is 1.33 bits per heavy atom. The number of esters is 1. The normalized spacial score (nSPS) is 14.6. The molecule has 1 aromatic heterocycles. The molecule has 0 atom stereocenters. The average Bonchev–Trinajstić information content (AvgIpc) is 2.82. The topological polar surface area (TPSA) is 46.6 Å². The van der Waals surface area contributed by atoms with Crippen LogP contribution in [0.3, 0.4) is 0 Å². The Morgan fingerprint density at radius 3 is 2.50 bits per heavy atom. The van der Waals surface area contributed by atoms with Gasteiger partial charge in [-0.1, -0.05) is 20.8 Å². The van der Waals surface area contributed by atoms with E-state index in [2.05, 4.69) is 0 Å². The van der Waals surface area contributed by atoms with Crippen LogP contribution in [0.1, 0.15) is 40.9 Å². The number of carbonyl (C=O) groups excluding carboxylic acids is 2. The molecule has 0 aliphatic carbocycles. The zero-order valence-corrected chi connectivity index (χ0v) is 11.9. The van der Waals surface area contributed by atoms with Crippen LogP contribution in [0.5, 0.6) is 0 Å². The Kier molecular flexibility index (Phi) is 3.19. The van der Waals surface area contributed by atoms with Crippen molar-refractivity contribution in [3.05, 3.63) is 21.4 Å². The molecule has 0 unspecified atom stereocenters. The number of thiophene rings is 1. The van der Waals surface area contributed by atoms with E-state index in [4.69, 9.17) is 4.74 Å². The first kappa shape index (κ1) is 13.1. The van der Waals surface area contributed by atoms with Crippen molar-refractivity contribution < 1.29 is 14.3 Å². The lowest BCUT2D eigenvalue weighted by atomic mass is 9.95. The minimum absolute atomic E-state index is 0.144. The summed E-state index contributed by atoms with van der Waals surface area (Å²) in [5.41, 5.74) is 0.706. The highest BCUT2D eigenvalue weighted by Gasteiger charge is 2.33. The SMILES string of the molecule is COC(=O)c1cc2c(s1)CN(C(=O)C(C)(C)C)C2. The number of nitrogens with zero attached hydrogens (tertiary/aromatic N) is 1. The minimum Gasteiger partial charge on any atom is -0.465 e. The van der Waals surface area contributed by atoms with Crippen molar-refractivity contribution in [2.75, 3.05) is 7.11 Å². The van der Waals surface area contributed by atoms with E-state index in [0.29, 0.717) is 18.0 Å². The molecule has 2 heterocycles. The number of ether oxygens (including phenoxy) is 1. The van der Waals surface area contributed by atoms with Gasteiger partial charge in [0.2, 0.25) is 5.91 Å². The van der Waals surface area contributed by atoms with E-state index in [1.54, 1.807) is 0 Å². The Bertz CT molecular complexity index is 475. The van der Waals surface area contributed by atoms with Crippen LogP contribution < -0.4 is 0 Å². The maximum absolute atomic E-state index is 12.1. The van der Waals surface area contributed by atoms with Crippen LogP contribution >= 0.6 is 11.3 Å². The summed E-state index contributed by atoms with van der Waals surface area (Å²) in [5, 5.41) is 0. The summed E-state index contributed by atoms with van der Waals surface area (Å²) in [6.45, 7) is 6.96. The molecular formula is C13H17NO3S. The molecule has 98 valence electrons. The fraction of sp³-hybridized carbons (Fsp3) is 0.538. The van der Waals surface area contributed by atoms with Gasteiger partial charge < -0.3 is 9.64 Å². The highest BCUT2D eigenvalue weighted by Crippen LogP contribution is 2.33. The van der Waals surface area contributed by atoms with Gasteiger partial charge in [-0.25, -0.2) is 4.79 Å². The van der Waals surface area contributed by atoms with Gasteiger partial charge in [0.05, 0.1) is 13.7 Å². The highest BCUT2D eigenvalue weighted by molar-refractivity contribution is 7.14. The van der Waals surface area contributed by atoms with Crippen molar-refractivity contribution >= 4 is 23.2 Å². The summed E-state index contributed by atoms with van der Waals surface area (Å²) >= 11 is 1.42. The first-order valence-corrected chi connectivity index (χ1v) is 6.64. The van der Waals surface area contributed by atoms with Gasteiger partial charge in [0, 0.05) is 16.8 Å². The molecule has 0 radical (unpaired) electrons. The molecule has 1 aliphatic heterocycles. The van der Waals surface area contributed by atoms with E-state index in [1.807, 2.05) is 31.7 Å². The summed E-state index contributed by atoms with van der Waals surface area (Å²) < 4.78 is 4.69. The predicted molar refractivity (Wildman–Crippen MR) is 69.4 cm³/mol. The first-order chi connectivity index (χ1) is 8.32. The number of fused-ring (bicyclic) bond motifs is 1. The van der Waals surface area contributed by atoms with Crippen LogP contribution in [0, 0.1) is 5.41 Å².